The number of H-pyrrole nitrogens is 2. The van der Waals surface area contributed by atoms with Crippen molar-refractivity contribution in [2.45, 2.75) is 13.2 Å². The third kappa shape index (κ3) is 4.12. The Balaban J connectivity index is 1.75. The Bertz CT molecular complexity index is 1080. The molecule has 134 valence electrons. The van der Waals surface area contributed by atoms with E-state index in [-0.39, 0.29) is 28.5 Å². The Morgan fingerprint density at radius 2 is 2.00 bits per heavy atom. The highest BCUT2D eigenvalue weighted by molar-refractivity contribution is 7.71. The number of aromatic amines is 2. The lowest BCUT2D eigenvalue weighted by atomic mass is 10.1. The lowest BCUT2D eigenvalue weighted by Gasteiger charge is -2.09. The molecule has 2 aromatic carbocycles. The van der Waals surface area contributed by atoms with E-state index in [1.54, 1.807) is 12.1 Å². The minimum absolute atomic E-state index is 0.0178. The topological polar surface area (TPSA) is 87.0 Å². The van der Waals surface area contributed by atoms with Crippen LogP contribution in [0.5, 0.6) is 5.75 Å². The molecular formula is C17H13F2N3O3S. The quantitative estimate of drug-likeness (QED) is 0.596. The average molecular weight is 377 g/mol. The van der Waals surface area contributed by atoms with Crippen LogP contribution in [-0.4, -0.2) is 22.5 Å². The van der Waals surface area contributed by atoms with Gasteiger partial charge in [-0.3, -0.25) is 14.6 Å². The van der Waals surface area contributed by atoms with Gasteiger partial charge < -0.3 is 15.0 Å². The SMILES string of the molecule is O=C(NCc1cccc(OC(F)F)c1)c1ccc2c(=O)[nH]c(=S)[nH]c2c1. The van der Waals surface area contributed by atoms with Crippen molar-refractivity contribution in [3.8, 4) is 5.75 Å². The number of aromatic nitrogens is 2. The molecular weight excluding hydrogens is 364 g/mol. The van der Waals surface area contributed by atoms with Crippen molar-refractivity contribution in [1.29, 1.82) is 0 Å². The summed E-state index contributed by atoms with van der Waals surface area (Å²) < 4.78 is 29.0. The number of fused-ring (bicyclic) bond motifs is 1. The molecule has 1 aromatic heterocycles. The molecule has 0 spiro atoms. The van der Waals surface area contributed by atoms with Crippen LogP contribution in [-0.2, 0) is 6.54 Å². The van der Waals surface area contributed by atoms with Gasteiger partial charge in [-0.2, -0.15) is 8.78 Å². The van der Waals surface area contributed by atoms with Gasteiger partial charge in [0.2, 0.25) is 0 Å². The summed E-state index contributed by atoms with van der Waals surface area (Å²) in [4.78, 5) is 29.4. The van der Waals surface area contributed by atoms with Crippen molar-refractivity contribution >= 4 is 29.0 Å². The lowest BCUT2D eigenvalue weighted by Crippen LogP contribution is -2.23. The number of ether oxygens (including phenoxy) is 1. The molecule has 0 atom stereocenters. The van der Waals surface area contributed by atoms with Gasteiger partial charge in [-0.1, -0.05) is 12.1 Å². The molecule has 0 radical (unpaired) electrons. The Labute approximate surface area is 150 Å². The number of alkyl halides is 2. The Hall–Kier alpha value is -3.07. The van der Waals surface area contributed by atoms with Crippen molar-refractivity contribution in [1.82, 2.24) is 15.3 Å². The van der Waals surface area contributed by atoms with Crippen LogP contribution in [0.1, 0.15) is 15.9 Å². The molecule has 0 saturated carbocycles. The van der Waals surface area contributed by atoms with Gasteiger partial charge in [0, 0.05) is 12.1 Å². The molecule has 1 heterocycles. The summed E-state index contributed by atoms with van der Waals surface area (Å²) in [5.74, 6) is -0.365. The molecule has 0 fully saturated rings. The minimum Gasteiger partial charge on any atom is -0.435 e. The summed E-state index contributed by atoms with van der Waals surface area (Å²) in [6.07, 6.45) is 0. The van der Waals surface area contributed by atoms with E-state index >= 15 is 0 Å². The van der Waals surface area contributed by atoms with Gasteiger partial charge >= 0.3 is 6.61 Å². The van der Waals surface area contributed by atoms with Gasteiger partial charge in [0.15, 0.2) is 4.77 Å². The standard InChI is InChI=1S/C17H13F2N3O3S/c18-16(19)25-11-3-1-2-9(6-11)8-20-14(23)10-4-5-12-13(7-10)21-17(26)22-15(12)24/h1-7,16H,8H2,(H,20,23)(H2,21,22,24,26). The molecule has 9 heteroatoms. The normalized spacial score (nSPS) is 10.9. The van der Waals surface area contributed by atoms with E-state index in [0.717, 1.165) is 0 Å². The van der Waals surface area contributed by atoms with E-state index in [1.807, 2.05) is 0 Å². The second-order valence-corrected chi connectivity index (χ2v) is 5.79. The summed E-state index contributed by atoms with van der Waals surface area (Å²) in [6, 6.07) is 10.6. The number of hydrogen-bond donors (Lipinski definition) is 3. The number of carbonyl (C=O) groups excluding carboxylic acids is 1. The highest BCUT2D eigenvalue weighted by Crippen LogP contribution is 2.16. The zero-order valence-corrected chi connectivity index (χ0v) is 14.0. The van der Waals surface area contributed by atoms with Gasteiger partial charge in [-0.05, 0) is 48.1 Å². The van der Waals surface area contributed by atoms with Crippen LogP contribution in [0.25, 0.3) is 10.9 Å². The van der Waals surface area contributed by atoms with Gasteiger partial charge in [0.1, 0.15) is 5.75 Å². The van der Waals surface area contributed by atoms with Crippen LogP contribution in [0.2, 0.25) is 0 Å². The minimum atomic E-state index is -2.91. The predicted octanol–water partition coefficient (Wildman–Crippen LogP) is 3.12. The summed E-state index contributed by atoms with van der Waals surface area (Å²) in [5.41, 5.74) is 1.03. The lowest BCUT2D eigenvalue weighted by molar-refractivity contribution is -0.0498. The zero-order chi connectivity index (χ0) is 18.7. The smallest absolute Gasteiger partial charge is 0.387 e. The first-order chi connectivity index (χ1) is 12.4. The van der Waals surface area contributed by atoms with E-state index in [9.17, 15) is 18.4 Å². The molecule has 26 heavy (non-hydrogen) atoms. The monoisotopic (exact) mass is 377 g/mol. The molecule has 0 aliphatic rings. The highest BCUT2D eigenvalue weighted by atomic mass is 32.1. The maximum absolute atomic E-state index is 12.3. The molecule has 1 amide bonds. The molecule has 0 unspecified atom stereocenters. The van der Waals surface area contributed by atoms with Gasteiger partial charge in [-0.15, -0.1) is 0 Å². The molecule has 0 bridgehead atoms. The fourth-order valence-electron chi connectivity index (χ4n) is 2.43. The number of nitrogens with one attached hydrogen (secondary N) is 3. The number of hydrogen-bond acceptors (Lipinski definition) is 4. The first-order valence-electron chi connectivity index (χ1n) is 7.51. The molecule has 3 aromatic rings. The van der Waals surface area contributed by atoms with Crippen molar-refractivity contribution in [3.05, 3.63) is 68.7 Å². The van der Waals surface area contributed by atoms with Gasteiger partial charge in [-0.25, -0.2) is 0 Å². The molecule has 0 aliphatic carbocycles. The zero-order valence-electron chi connectivity index (χ0n) is 13.2. The summed E-state index contributed by atoms with van der Waals surface area (Å²) in [7, 11) is 0. The Morgan fingerprint density at radius 3 is 2.77 bits per heavy atom. The molecule has 0 aliphatic heterocycles. The van der Waals surface area contributed by atoms with E-state index in [4.69, 9.17) is 12.2 Å². The molecule has 3 N–H and O–H groups in total. The largest absolute Gasteiger partial charge is 0.435 e. The van der Waals surface area contributed by atoms with E-state index < -0.39 is 6.61 Å². The fourth-order valence-corrected chi connectivity index (χ4v) is 2.63. The van der Waals surface area contributed by atoms with E-state index in [0.29, 0.717) is 22.0 Å². The van der Waals surface area contributed by atoms with Crippen LogP contribution in [0.3, 0.4) is 0 Å². The van der Waals surface area contributed by atoms with Crippen molar-refractivity contribution in [2.75, 3.05) is 0 Å². The number of amides is 1. The Morgan fingerprint density at radius 1 is 1.19 bits per heavy atom. The van der Waals surface area contributed by atoms with Crippen LogP contribution < -0.4 is 15.6 Å². The van der Waals surface area contributed by atoms with Crippen LogP contribution in [0.4, 0.5) is 8.78 Å². The molecule has 0 saturated heterocycles. The van der Waals surface area contributed by atoms with Crippen LogP contribution >= 0.6 is 12.2 Å². The van der Waals surface area contributed by atoms with E-state index in [1.165, 1.54) is 30.3 Å². The summed E-state index contributed by atoms with van der Waals surface area (Å²) in [6.45, 7) is -2.78. The van der Waals surface area contributed by atoms with Crippen molar-refractivity contribution in [2.24, 2.45) is 0 Å². The summed E-state index contributed by atoms with van der Waals surface area (Å²) >= 11 is 4.92. The first kappa shape index (κ1) is 17.7. The highest BCUT2D eigenvalue weighted by Gasteiger charge is 2.09. The number of benzene rings is 2. The molecule has 6 nitrogen and oxygen atoms in total. The van der Waals surface area contributed by atoms with Crippen LogP contribution in [0, 0.1) is 4.77 Å². The third-order valence-electron chi connectivity index (χ3n) is 3.58. The Kier molecular flexibility index (Phi) is 5.08. The maximum atomic E-state index is 12.3. The second-order valence-electron chi connectivity index (χ2n) is 5.38. The van der Waals surface area contributed by atoms with Crippen molar-refractivity contribution in [3.63, 3.8) is 0 Å². The van der Waals surface area contributed by atoms with Crippen molar-refractivity contribution < 1.29 is 18.3 Å². The first-order valence-corrected chi connectivity index (χ1v) is 7.91. The number of halogens is 2. The van der Waals surface area contributed by atoms with Gasteiger partial charge in [0.25, 0.3) is 11.5 Å². The number of rotatable bonds is 5. The molecule has 3 rings (SSSR count). The van der Waals surface area contributed by atoms with Crippen LogP contribution in [0.15, 0.2) is 47.3 Å². The number of carbonyl (C=O) groups is 1. The summed E-state index contributed by atoms with van der Waals surface area (Å²) in [5, 5.41) is 3.06. The average Bonchev–Trinajstić information content (AvgIpc) is 2.58. The van der Waals surface area contributed by atoms with E-state index in [2.05, 4.69) is 20.0 Å². The maximum Gasteiger partial charge on any atom is 0.387 e. The fraction of sp³-hybridized carbons (Fsp3) is 0.118. The third-order valence-corrected chi connectivity index (χ3v) is 3.78. The predicted molar refractivity (Wildman–Crippen MR) is 94.0 cm³/mol. The second kappa shape index (κ2) is 7.44. The van der Waals surface area contributed by atoms with Gasteiger partial charge in [0.05, 0.1) is 10.9 Å².